The van der Waals surface area contributed by atoms with Crippen LogP contribution >= 0.6 is 0 Å². The lowest BCUT2D eigenvalue weighted by Crippen LogP contribution is -2.61. The summed E-state index contributed by atoms with van der Waals surface area (Å²) in [5.74, 6) is -0.864. The molecule has 5 rings (SSSR count). The predicted molar refractivity (Wildman–Crippen MR) is 143 cm³/mol. The van der Waals surface area contributed by atoms with Crippen LogP contribution in [-0.4, -0.2) is 62.4 Å². The van der Waals surface area contributed by atoms with E-state index < -0.39 is 11.6 Å². The molecule has 1 aliphatic heterocycles. The number of halogens is 2. The number of nitrogens with two attached hydrogens (primary N) is 1. The molecular weight excluding hydrogens is 504 g/mol. The fourth-order valence-electron chi connectivity index (χ4n) is 5.37. The number of benzene rings is 1. The van der Waals surface area contributed by atoms with Gasteiger partial charge in [0, 0.05) is 68.8 Å². The van der Waals surface area contributed by atoms with Crippen molar-refractivity contribution in [1.82, 2.24) is 24.9 Å². The molecule has 1 saturated heterocycles. The molecular formula is C28H31F2N7O2. The molecule has 11 heteroatoms. The number of pyridine rings is 1. The van der Waals surface area contributed by atoms with Crippen molar-refractivity contribution in [2.45, 2.75) is 38.8 Å². The van der Waals surface area contributed by atoms with Gasteiger partial charge in [-0.3, -0.25) is 9.78 Å². The Bertz CT molecular complexity index is 1470. The van der Waals surface area contributed by atoms with E-state index in [1.54, 1.807) is 35.2 Å². The maximum atomic E-state index is 14.9. The Morgan fingerprint density at radius 2 is 1.95 bits per heavy atom. The van der Waals surface area contributed by atoms with Crippen LogP contribution in [0.5, 0.6) is 0 Å². The van der Waals surface area contributed by atoms with Crippen molar-refractivity contribution in [3.05, 3.63) is 77.5 Å². The number of hydrogen-bond donors (Lipinski definition) is 3. The van der Waals surface area contributed by atoms with E-state index in [2.05, 4.69) is 32.2 Å². The van der Waals surface area contributed by atoms with E-state index >= 15 is 0 Å². The minimum Gasteiger partial charge on any atom is -0.396 e. The number of piperidine rings is 1. The number of nitrogens with zero attached hydrogens (tertiary/aromatic N) is 5. The number of aliphatic hydroxyl groups excluding tert-OH is 1. The van der Waals surface area contributed by atoms with Gasteiger partial charge in [-0.1, -0.05) is 6.92 Å². The third kappa shape index (κ3) is 5.45. The molecule has 0 saturated carbocycles. The van der Waals surface area contributed by atoms with Crippen LogP contribution in [0.2, 0.25) is 0 Å². The number of amides is 1. The van der Waals surface area contributed by atoms with Crippen molar-refractivity contribution in [3.63, 3.8) is 0 Å². The van der Waals surface area contributed by atoms with Gasteiger partial charge in [0.15, 0.2) is 0 Å². The van der Waals surface area contributed by atoms with Gasteiger partial charge in [-0.2, -0.15) is 5.10 Å². The van der Waals surface area contributed by atoms with Crippen LogP contribution in [-0.2, 0) is 17.6 Å². The van der Waals surface area contributed by atoms with E-state index in [0.29, 0.717) is 36.4 Å². The standard InChI is InChI=1S/C28H31F2N7O2/c1-16-14-36(15-23(31)28(16)34-17(2)39)25-5-7-32-12-19(25)11-26-33-13-20-3-4-24(35-37(20)26)27-21(29)9-18(6-8-38)10-22(27)30/h3-5,7,9-10,12-13,16,23,28,38H,6,8,11,14-15,31H2,1-2H3,(H,34,39)/t16-,23+,28-/m0/s1. The number of carbonyl (C=O) groups excluding carboxylic acids is 1. The number of hydrogen-bond acceptors (Lipinski definition) is 7. The van der Waals surface area contributed by atoms with Crippen molar-refractivity contribution in [2.24, 2.45) is 11.7 Å². The Balaban J connectivity index is 1.45. The van der Waals surface area contributed by atoms with Crippen LogP contribution in [0, 0.1) is 17.6 Å². The van der Waals surface area contributed by atoms with E-state index in [9.17, 15) is 13.6 Å². The molecule has 3 atom stereocenters. The molecule has 1 aromatic carbocycles. The van der Waals surface area contributed by atoms with E-state index in [-0.39, 0.29) is 48.2 Å². The predicted octanol–water partition coefficient (Wildman–Crippen LogP) is 2.48. The topological polar surface area (TPSA) is 122 Å². The first-order valence-electron chi connectivity index (χ1n) is 12.9. The molecule has 4 aromatic rings. The normalized spacial score (nSPS) is 19.4. The zero-order valence-corrected chi connectivity index (χ0v) is 21.8. The van der Waals surface area contributed by atoms with E-state index in [1.807, 2.05) is 6.07 Å². The van der Waals surface area contributed by atoms with E-state index in [1.165, 1.54) is 19.1 Å². The average molecular weight is 536 g/mol. The number of aromatic nitrogens is 4. The Labute approximate surface area is 224 Å². The largest absolute Gasteiger partial charge is 0.396 e. The highest BCUT2D eigenvalue weighted by Gasteiger charge is 2.33. The summed E-state index contributed by atoms with van der Waals surface area (Å²) < 4.78 is 31.3. The molecule has 0 aliphatic carbocycles. The second-order valence-electron chi connectivity index (χ2n) is 10.1. The molecule has 204 valence electrons. The molecule has 3 aromatic heterocycles. The highest BCUT2D eigenvalue weighted by Crippen LogP contribution is 2.29. The van der Waals surface area contributed by atoms with E-state index in [4.69, 9.17) is 10.8 Å². The number of carbonyl (C=O) groups is 1. The monoisotopic (exact) mass is 535 g/mol. The molecule has 0 unspecified atom stereocenters. The fraction of sp³-hybridized carbons (Fsp3) is 0.357. The van der Waals surface area contributed by atoms with Crippen molar-refractivity contribution in [3.8, 4) is 11.3 Å². The quantitative estimate of drug-likeness (QED) is 0.332. The molecule has 9 nitrogen and oxygen atoms in total. The van der Waals surface area contributed by atoms with Gasteiger partial charge in [0.2, 0.25) is 5.91 Å². The minimum absolute atomic E-state index is 0.0979. The molecule has 1 fully saturated rings. The van der Waals surface area contributed by atoms with Crippen molar-refractivity contribution < 1.29 is 18.7 Å². The second kappa shape index (κ2) is 11.0. The van der Waals surface area contributed by atoms with Gasteiger partial charge in [-0.05, 0) is 48.2 Å². The van der Waals surface area contributed by atoms with E-state index in [0.717, 1.165) is 11.3 Å². The summed E-state index contributed by atoms with van der Waals surface area (Å²) >= 11 is 0. The first-order valence-corrected chi connectivity index (χ1v) is 12.9. The third-order valence-corrected chi connectivity index (χ3v) is 7.16. The lowest BCUT2D eigenvalue weighted by atomic mass is 9.89. The van der Waals surface area contributed by atoms with Crippen molar-refractivity contribution in [1.29, 1.82) is 0 Å². The maximum Gasteiger partial charge on any atom is 0.217 e. The Kier molecular flexibility index (Phi) is 7.53. The number of nitrogens with one attached hydrogen (secondary N) is 1. The van der Waals surface area contributed by atoms with Gasteiger partial charge in [-0.25, -0.2) is 18.3 Å². The highest BCUT2D eigenvalue weighted by atomic mass is 19.1. The SMILES string of the molecule is CC(=O)N[C@@H]1[C@H](N)CN(c2ccncc2Cc2ncc3ccc(-c4c(F)cc(CCO)cc4F)nn23)C[C@@H]1C. The summed E-state index contributed by atoms with van der Waals surface area (Å²) in [7, 11) is 0. The summed E-state index contributed by atoms with van der Waals surface area (Å²) in [5.41, 5.74) is 9.28. The summed E-state index contributed by atoms with van der Waals surface area (Å²) in [6, 6.07) is 7.30. The van der Waals surface area contributed by atoms with Gasteiger partial charge >= 0.3 is 0 Å². The van der Waals surface area contributed by atoms with Gasteiger partial charge in [0.1, 0.15) is 17.5 Å². The molecule has 39 heavy (non-hydrogen) atoms. The van der Waals surface area contributed by atoms with Crippen LogP contribution in [0.15, 0.2) is 48.9 Å². The lowest BCUT2D eigenvalue weighted by molar-refractivity contribution is -0.120. The lowest BCUT2D eigenvalue weighted by Gasteiger charge is -2.43. The summed E-state index contributed by atoms with van der Waals surface area (Å²) in [4.78, 5) is 22.7. The van der Waals surface area contributed by atoms with Gasteiger partial charge < -0.3 is 21.1 Å². The molecule has 0 spiro atoms. The second-order valence-corrected chi connectivity index (χ2v) is 10.1. The number of rotatable bonds is 7. The third-order valence-electron chi connectivity index (χ3n) is 7.16. The zero-order valence-electron chi connectivity index (χ0n) is 21.8. The number of imidazole rings is 1. The van der Waals surface area contributed by atoms with Crippen LogP contribution in [0.4, 0.5) is 14.5 Å². The summed E-state index contributed by atoms with van der Waals surface area (Å²) in [5, 5.41) is 16.6. The highest BCUT2D eigenvalue weighted by molar-refractivity contribution is 5.73. The Hall–Kier alpha value is -3.96. The van der Waals surface area contributed by atoms with Gasteiger partial charge in [0.05, 0.1) is 23.0 Å². The smallest absolute Gasteiger partial charge is 0.217 e. The summed E-state index contributed by atoms with van der Waals surface area (Å²) in [6.45, 7) is 4.62. The molecule has 1 amide bonds. The zero-order chi connectivity index (χ0) is 27.7. The summed E-state index contributed by atoms with van der Waals surface area (Å²) in [6.07, 6.45) is 5.70. The Morgan fingerprint density at radius 1 is 1.18 bits per heavy atom. The molecule has 0 radical (unpaired) electrons. The average Bonchev–Trinajstić information content (AvgIpc) is 3.28. The Morgan fingerprint density at radius 3 is 2.64 bits per heavy atom. The minimum atomic E-state index is -0.741. The first-order chi connectivity index (χ1) is 18.7. The number of aliphatic hydroxyl groups is 1. The molecule has 4 heterocycles. The fourth-order valence-corrected chi connectivity index (χ4v) is 5.37. The van der Waals surface area contributed by atoms with Crippen LogP contribution in [0.3, 0.4) is 0 Å². The van der Waals surface area contributed by atoms with Crippen molar-refractivity contribution >= 4 is 17.1 Å². The molecule has 0 bridgehead atoms. The molecule has 1 aliphatic rings. The van der Waals surface area contributed by atoms with Crippen molar-refractivity contribution in [2.75, 3.05) is 24.6 Å². The van der Waals surface area contributed by atoms with Gasteiger partial charge in [0.25, 0.3) is 0 Å². The van der Waals surface area contributed by atoms with Crippen LogP contribution in [0.25, 0.3) is 16.8 Å². The number of fused-ring (bicyclic) bond motifs is 1. The maximum absolute atomic E-state index is 14.9. The molecule has 4 N–H and O–H groups in total. The first kappa shape index (κ1) is 26.6. The van der Waals surface area contributed by atoms with Gasteiger partial charge in [-0.15, -0.1) is 0 Å². The van der Waals surface area contributed by atoms with Crippen LogP contribution in [0.1, 0.15) is 30.8 Å². The number of anilines is 1. The van der Waals surface area contributed by atoms with Crippen LogP contribution < -0.4 is 16.0 Å².